The summed E-state index contributed by atoms with van der Waals surface area (Å²) in [6.45, 7) is 3.49. The van der Waals surface area contributed by atoms with Crippen LogP contribution >= 0.6 is 0 Å². The van der Waals surface area contributed by atoms with Crippen LogP contribution < -0.4 is 15.8 Å². The predicted molar refractivity (Wildman–Crippen MR) is 74.0 cm³/mol. The topological polar surface area (TPSA) is 84.6 Å². The maximum atomic E-state index is 10.7. The molecule has 0 aliphatic heterocycles. The number of amides is 1. The molecule has 1 rings (SSSR count). The molecule has 0 saturated carbocycles. The molecule has 5 heteroatoms. The van der Waals surface area contributed by atoms with Crippen LogP contribution in [0.1, 0.15) is 18.9 Å². The third-order valence-corrected chi connectivity index (χ3v) is 2.66. The Morgan fingerprint density at radius 2 is 2.11 bits per heavy atom. The number of hydrogen-bond donors (Lipinski definition) is 3. The Labute approximate surface area is 113 Å². The molecule has 0 fully saturated rings. The first kappa shape index (κ1) is 15.5. The molecule has 4 N–H and O–H groups in total. The normalized spacial score (nSPS) is 12.1. The highest BCUT2D eigenvalue weighted by Gasteiger charge is 2.00. The van der Waals surface area contributed by atoms with Gasteiger partial charge in [-0.2, -0.15) is 0 Å². The van der Waals surface area contributed by atoms with E-state index in [0.717, 1.165) is 24.3 Å². The molecule has 0 heterocycles. The summed E-state index contributed by atoms with van der Waals surface area (Å²) < 4.78 is 5.56. The first-order valence-electron chi connectivity index (χ1n) is 6.46. The molecule has 1 amide bonds. The number of rotatable bonds is 9. The number of nitrogens with one attached hydrogen (secondary N) is 1. The van der Waals surface area contributed by atoms with Crippen molar-refractivity contribution in [3.63, 3.8) is 0 Å². The van der Waals surface area contributed by atoms with Crippen LogP contribution in [-0.4, -0.2) is 36.8 Å². The summed E-state index contributed by atoms with van der Waals surface area (Å²) in [5, 5.41) is 12.0. The van der Waals surface area contributed by atoms with E-state index in [1.165, 1.54) is 0 Å². The minimum atomic E-state index is -0.335. The summed E-state index contributed by atoms with van der Waals surface area (Å²) >= 11 is 0. The SMILES string of the molecule is CC(CO)NCCCOc1ccc(CC(N)=O)cc1. The molecule has 0 bridgehead atoms. The number of hydrogen-bond acceptors (Lipinski definition) is 4. The summed E-state index contributed by atoms with van der Waals surface area (Å²) in [5.74, 6) is 0.446. The summed E-state index contributed by atoms with van der Waals surface area (Å²) in [5.41, 5.74) is 6.00. The lowest BCUT2D eigenvalue weighted by atomic mass is 10.1. The Kier molecular flexibility index (Phi) is 6.92. The van der Waals surface area contributed by atoms with Crippen molar-refractivity contribution in [3.8, 4) is 5.75 Å². The second-order valence-electron chi connectivity index (χ2n) is 4.53. The Bertz CT molecular complexity index is 379. The summed E-state index contributed by atoms with van der Waals surface area (Å²) in [7, 11) is 0. The molecule has 19 heavy (non-hydrogen) atoms. The van der Waals surface area contributed by atoms with Crippen LogP contribution in [0, 0.1) is 0 Å². The van der Waals surface area contributed by atoms with Crippen molar-refractivity contribution < 1.29 is 14.6 Å². The predicted octanol–water partition coefficient (Wildman–Crippen LogP) is 0.454. The lowest BCUT2D eigenvalue weighted by Crippen LogP contribution is -2.30. The molecule has 5 nitrogen and oxygen atoms in total. The van der Waals surface area contributed by atoms with E-state index < -0.39 is 0 Å². The van der Waals surface area contributed by atoms with Crippen molar-refractivity contribution in [2.45, 2.75) is 25.8 Å². The minimum Gasteiger partial charge on any atom is -0.494 e. The van der Waals surface area contributed by atoms with Gasteiger partial charge < -0.3 is 20.9 Å². The van der Waals surface area contributed by atoms with Gasteiger partial charge >= 0.3 is 0 Å². The van der Waals surface area contributed by atoms with Crippen LogP contribution in [0.3, 0.4) is 0 Å². The monoisotopic (exact) mass is 266 g/mol. The zero-order valence-electron chi connectivity index (χ0n) is 11.3. The van der Waals surface area contributed by atoms with Gasteiger partial charge in [-0.15, -0.1) is 0 Å². The molecule has 0 aliphatic carbocycles. The van der Waals surface area contributed by atoms with Gasteiger partial charge in [-0.05, 0) is 37.6 Å². The number of aliphatic hydroxyl groups is 1. The molecule has 1 atom stereocenters. The standard InChI is InChI=1S/C14H22N2O3/c1-11(10-17)16-7-2-8-19-13-5-3-12(4-6-13)9-14(15)18/h3-6,11,16-17H,2,7-10H2,1H3,(H2,15,18). The third-order valence-electron chi connectivity index (χ3n) is 2.66. The van der Waals surface area contributed by atoms with E-state index >= 15 is 0 Å². The maximum Gasteiger partial charge on any atom is 0.221 e. The van der Waals surface area contributed by atoms with Gasteiger partial charge in [0.05, 0.1) is 19.6 Å². The zero-order chi connectivity index (χ0) is 14.1. The average Bonchev–Trinajstić information content (AvgIpc) is 2.39. The highest BCUT2D eigenvalue weighted by molar-refractivity contribution is 5.76. The first-order valence-corrected chi connectivity index (χ1v) is 6.46. The van der Waals surface area contributed by atoms with Gasteiger partial charge in [0.25, 0.3) is 0 Å². The van der Waals surface area contributed by atoms with Crippen molar-refractivity contribution in [1.82, 2.24) is 5.32 Å². The lowest BCUT2D eigenvalue weighted by Gasteiger charge is -2.11. The van der Waals surface area contributed by atoms with Gasteiger partial charge in [-0.25, -0.2) is 0 Å². The molecule has 1 aromatic carbocycles. The van der Waals surface area contributed by atoms with Gasteiger partial charge in [0.1, 0.15) is 5.75 Å². The van der Waals surface area contributed by atoms with Crippen molar-refractivity contribution in [2.75, 3.05) is 19.8 Å². The minimum absolute atomic E-state index is 0.119. The molecule has 0 aromatic heterocycles. The Morgan fingerprint density at radius 1 is 1.42 bits per heavy atom. The van der Waals surface area contributed by atoms with E-state index in [4.69, 9.17) is 15.6 Å². The quantitative estimate of drug-likeness (QED) is 0.567. The number of carbonyl (C=O) groups excluding carboxylic acids is 1. The van der Waals surface area contributed by atoms with Crippen LogP contribution in [0.4, 0.5) is 0 Å². The number of benzene rings is 1. The number of primary amides is 1. The van der Waals surface area contributed by atoms with E-state index in [2.05, 4.69) is 5.32 Å². The fraction of sp³-hybridized carbons (Fsp3) is 0.500. The number of nitrogens with two attached hydrogens (primary N) is 1. The molecular weight excluding hydrogens is 244 g/mol. The summed E-state index contributed by atoms with van der Waals surface area (Å²) in [4.78, 5) is 10.7. The molecule has 1 aromatic rings. The average molecular weight is 266 g/mol. The molecule has 0 saturated heterocycles. The van der Waals surface area contributed by atoms with E-state index in [0.29, 0.717) is 6.61 Å². The molecule has 0 radical (unpaired) electrons. The van der Waals surface area contributed by atoms with Gasteiger partial charge in [-0.3, -0.25) is 4.79 Å². The first-order chi connectivity index (χ1) is 9.11. The Balaban J connectivity index is 2.21. The molecule has 106 valence electrons. The fourth-order valence-electron chi connectivity index (χ4n) is 1.58. The van der Waals surface area contributed by atoms with Crippen molar-refractivity contribution in [3.05, 3.63) is 29.8 Å². The van der Waals surface area contributed by atoms with Gasteiger partial charge in [0.15, 0.2) is 0 Å². The van der Waals surface area contributed by atoms with Crippen LogP contribution in [0.15, 0.2) is 24.3 Å². The fourth-order valence-corrected chi connectivity index (χ4v) is 1.58. The van der Waals surface area contributed by atoms with Crippen LogP contribution in [0.2, 0.25) is 0 Å². The molecule has 0 aliphatic rings. The second-order valence-corrected chi connectivity index (χ2v) is 4.53. The van der Waals surface area contributed by atoms with Gasteiger partial charge in [0, 0.05) is 6.04 Å². The summed E-state index contributed by atoms with van der Waals surface area (Å²) in [6, 6.07) is 7.47. The van der Waals surface area contributed by atoms with Gasteiger partial charge in [-0.1, -0.05) is 12.1 Å². The Hall–Kier alpha value is -1.59. The largest absolute Gasteiger partial charge is 0.494 e. The number of ether oxygens (including phenoxy) is 1. The molecule has 1 unspecified atom stereocenters. The van der Waals surface area contributed by atoms with E-state index in [1.54, 1.807) is 0 Å². The zero-order valence-corrected chi connectivity index (χ0v) is 11.3. The molecular formula is C14H22N2O3. The van der Waals surface area contributed by atoms with Crippen LogP contribution in [0.5, 0.6) is 5.75 Å². The highest BCUT2D eigenvalue weighted by Crippen LogP contribution is 2.12. The second kappa shape index (κ2) is 8.50. The van der Waals surface area contributed by atoms with E-state index in [9.17, 15) is 4.79 Å². The van der Waals surface area contributed by atoms with Crippen LogP contribution in [-0.2, 0) is 11.2 Å². The highest BCUT2D eigenvalue weighted by atomic mass is 16.5. The molecule has 0 spiro atoms. The number of carbonyl (C=O) groups is 1. The maximum absolute atomic E-state index is 10.7. The van der Waals surface area contributed by atoms with E-state index in [1.807, 2.05) is 31.2 Å². The van der Waals surface area contributed by atoms with E-state index in [-0.39, 0.29) is 25.0 Å². The number of aliphatic hydroxyl groups excluding tert-OH is 1. The van der Waals surface area contributed by atoms with Crippen molar-refractivity contribution >= 4 is 5.91 Å². The smallest absolute Gasteiger partial charge is 0.221 e. The van der Waals surface area contributed by atoms with Crippen LogP contribution in [0.25, 0.3) is 0 Å². The Morgan fingerprint density at radius 3 is 2.68 bits per heavy atom. The lowest BCUT2D eigenvalue weighted by molar-refractivity contribution is -0.117. The third kappa shape index (κ3) is 6.79. The van der Waals surface area contributed by atoms with Crippen molar-refractivity contribution in [2.24, 2.45) is 5.73 Å². The van der Waals surface area contributed by atoms with Gasteiger partial charge in [0.2, 0.25) is 5.91 Å². The summed E-state index contributed by atoms with van der Waals surface area (Å²) in [6.07, 6.45) is 1.12. The van der Waals surface area contributed by atoms with Crippen molar-refractivity contribution in [1.29, 1.82) is 0 Å².